The van der Waals surface area contributed by atoms with E-state index in [-0.39, 0.29) is 0 Å². The average molecular weight is 143 g/mol. The van der Waals surface area contributed by atoms with Gasteiger partial charge in [-0.2, -0.15) is 0 Å². The molecule has 0 heterocycles. The molecule has 1 radical (unpaired) electrons. The first-order chi connectivity index (χ1) is 4.91. The summed E-state index contributed by atoms with van der Waals surface area (Å²) >= 11 is 0. The quantitative estimate of drug-likeness (QED) is 0.520. The monoisotopic (exact) mass is 143 g/mol. The Kier molecular flexibility index (Phi) is 8.85. The van der Waals surface area contributed by atoms with Gasteiger partial charge in [0.2, 0.25) is 0 Å². The number of unbranched alkanes of at least 4 members (excludes halogenated alkanes) is 3. The van der Waals surface area contributed by atoms with E-state index in [0.29, 0.717) is 0 Å². The number of nitrogens with two attached hydrogens (primary N) is 1. The summed E-state index contributed by atoms with van der Waals surface area (Å²) in [6, 6.07) is 0. The Bertz CT molecular complexity index is 47.2. The highest BCUT2D eigenvalue weighted by molar-refractivity contribution is 4.49. The predicted molar refractivity (Wildman–Crippen MR) is 45.7 cm³/mol. The van der Waals surface area contributed by atoms with E-state index in [0.717, 1.165) is 26.1 Å². The van der Waals surface area contributed by atoms with Crippen LogP contribution in [-0.4, -0.2) is 19.6 Å². The lowest BCUT2D eigenvalue weighted by atomic mass is 10.2. The fourth-order valence-electron chi connectivity index (χ4n) is 0.831. The van der Waals surface area contributed by atoms with Gasteiger partial charge in [0.25, 0.3) is 0 Å². The molecule has 2 nitrogen and oxygen atoms in total. The van der Waals surface area contributed by atoms with Crippen molar-refractivity contribution in [1.82, 2.24) is 5.32 Å². The molecule has 0 aliphatic carbocycles. The van der Waals surface area contributed by atoms with Gasteiger partial charge in [-0.3, -0.25) is 0 Å². The molecule has 0 unspecified atom stereocenters. The molecule has 0 rings (SSSR count). The lowest BCUT2D eigenvalue weighted by Gasteiger charge is -2.00. The predicted octanol–water partition coefficient (Wildman–Crippen LogP) is 0.929. The molecule has 0 aromatic carbocycles. The first-order valence-corrected chi connectivity index (χ1v) is 4.12. The fraction of sp³-hybridized carbons (Fsp3) is 0.875. The van der Waals surface area contributed by atoms with E-state index in [4.69, 9.17) is 5.73 Å². The minimum Gasteiger partial charge on any atom is -0.329 e. The third kappa shape index (κ3) is 7.92. The Labute approximate surface area is 64.2 Å². The van der Waals surface area contributed by atoms with Crippen molar-refractivity contribution >= 4 is 0 Å². The molecule has 0 fully saturated rings. The first-order valence-electron chi connectivity index (χ1n) is 4.12. The van der Waals surface area contributed by atoms with E-state index >= 15 is 0 Å². The number of nitrogens with one attached hydrogen (secondary N) is 1. The van der Waals surface area contributed by atoms with Crippen LogP contribution >= 0.6 is 0 Å². The zero-order chi connectivity index (χ0) is 7.66. The molecule has 0 aromatic rings. The smallest absolute Gasteiger partial charge is 0.00745 e. The summed E-state index contributed by atoms with van der Waals surface area (Å²) in [5.41, 5.74) is 5.30. The molecule has 2 heteroatoms. The van der Waals surface area contributed by atoms with Crippen LogP contribution in [0.4, 0.5) is 0 Å². The van der Waals surface area contributed by atoms with E-state index in [2.05, 4.69) is 12.2 Å². The van der Waals surface area contributed by atoms with E-state index in [9.17, 15) is 0 Å². The lowest BCUT2D eigenvalue weighted by Crippen LogP contribution is -2.23. The van der Waals surface area contributed by atoms with Crippen molar-refractivity contribution in [3.05, 3.63) is 6.92 Å². The second-order valence-corrected chi connectivity index (χ2v) is 2.45. The molecule has 0 saturated carbocycles. The Morgan fingerprint density at radius 2 is 1.90 bits per heavy atom. The highest BCUT2D eigenvalue weighted by Crippen LogP contribution is 1.96. The summed E-state index contributed by atoms with van der Waals surface area (Å²) < 4.78 is 0. The zero-order valence-electron chi connectivity index (χ0n) is 6.73. The third-order valence-electron chi connectivity index (χ3n) is 1.42. The number of hydrogen-bond donors (Lipinski definition) is 2. The summed E-state index contributed by atoms with van der Waals surface area (Å²) in [5.74, 6) is 0. The largest absolute Gasteiger partial charge is 0.329 e. The summed E-state index contributed by atoms with van der Waals surface area (Å²) in [6.45, 7) is 6.58. The minimum absolute atomic E-state index is 0.745. The van der Waals surface area contributed by atoms with Crippen LogP contribution < -0.4 is 11.1 Å². The second-order valence-electron chi connectivity index (χ2n) is 2.45. The van der Waals surface area contributed by atoms with Gasteiger partial charge in [-0.25, -0.2) is 0 Å². The van der Waals surface area contributed by atoms with Gasteiger partial charge in [0.1, 0.15) is 0 Å². The van der Waals surface area contributed by atoms with Crippen LogP contribution in [0.3, 0.4) is 0 Å². The Balaban J connectivity index is 2.65. The van der Waals surface area contributed by atoms with E-state index < -0.39 is 0 Å². The van der Waals surface area contributed by atoms with Crippen LogP contribution in [0.5, 0.6) is 0 Å². The fourth-order valence-corrected chi connectivity index (χ4v) is 0.831. The normalized spacial score (nSPS) is 10.2. The number of hydrogen-bond acceptors (Lipinski definition) is 2. The molecule has 3 N–H and O–H groups in total. The SMILES string of the molecule is [CH2]CCCCCNCCN. The van der Waals surface area contributed by atoms with Gasteiger partial charge in [-0.05, 0) is 13.0 Å². The van der Waals surface area contributed by atoms with Crippen molar-refractivity contribution in [3.63, 3.8) is 0 Å². The van der Waals surface area contributed by atoms with E-state index in [1.165, 1.54) is 19.3 Å². The molecule has 61 valence electrons. The van der Waals surface area contributed by atoms with Gasteiger partial charge in [0, 0.05) is 13.1 Å². The van der Waals surface area contributed by atoms with Gasteiger partial charge in [-0.15, -0.1) is 0 Å². The highest BCUT2D eigenvalue weighted by Gasteiger charge is 1.85. The highest BCUT2D eigenvalue weighted by atomic mass is 14.9. The van der Waals surface area contributed by atoms with Crippen molar-refractivity contribution in [2.24, 2.45) is 5.73 Å². The minimum atomic E-state index is 0.745. The van der Waals surface area contributed by atoms with E-state index in [1.807, 2.05) is 0 Å². The van der Waals surface area contributed by atoms with Crippen LogP contribution in [-0.2, 0) is 0 Å². The molecule has 0 aliphatic heterocycles. The van der Waals surface area contributed by atoms with Crippen LogP contribution in [0.15, 0.2) is 0 Å². The van der Waals surface area contributed by atoms with Crippen LogP contribution in [0, 0.1) is 6.92 Å². The van der Waals surface area contributed by atoms with Crippen LogP contribution in [0.1, 0.15) is 25.7 Å². The number of rotatable bonds is 7. The van der Waals surface area contributed by atoms with Gasteiger partial charge in [0.15, 0.2) is 0 Å². The van der Waals surface area contributed by atoms with E-state index in [1.54, 1.807) is 0 Å². The second kappa shape index (κ2) is 8.92. The van der Waals surface area contributed by atoms with Crippen molar-refractivity contribution < 1.29 is 0 Å². The molecule has 10 heavy (non-hydrogen) atoms. The Morgan fingerprint density at radius 3 is 2.50 bits per heavy atom. The standard InChI is InChI=1S/C8H19N2/c1-2-3-4-5-7-10-8-6-9/h10H,1-9H2. The lowest BCUT2D eigenvalue weighted by molar-refractivity contribution is 0.609. The zero-order valence-corrected chi connectivity index (χ0v) is 6.73. The van der Waals surface area contributed by atoms with Crippen molar-refractivity contribution in [1.29, 1.82) is 0 Å². The Hall–Kier alpha value is -0.0800. The molecule has 0 aromatic heterocycles. The summed E-state index contributed by atoms with van der Waals surface area (Å²) in [6.07, 6.45) is 4.87. The van der Waals surface area contributed by atoms with Crippen molar-refractivity contribution in [2.45, 2.75) is 25.7 Å². The molecule has 0 atom stereocenters. The van der Waals surface area contributed by atoms with Crippen LogP contribution in [0.25, 0.3) is 0 Å². The maximum Gasteiger partial charge on any atom is 0.00745 e. The average Bonchev–Trinajstić information content (AvgIpc) is 1.97. The molecule has 0 saturated heterocycles. The summed E-state index contributed by atoms with van der Waals surface area (Å²) in [5, 5.41) is 3.25. The van der Waals surface area contributed by atoms with Gasteiger partial charge < -0.3 is 11.1 Å². The van der Waals surface area contributed by atoms with Crippen molar-refractivity contribution in [3.8, 4) is 0 Å². The first kappa shape index (κ1) is 9.92. The molecular formula is C8H19N2. The molecule has 0 bridgehead atoms. The van der Waals surface area contributed by atoms with Crippen molar-refractivity contribution in [2.75, 3.05) is 19.6 Å². The summed E-state index contributed by atoms with van der Waals surface area (Å²) in [4.78, 5) is 0. The maximum atomic E-state index is 5.30. The van der Waals surface area contributed by atoms with Crippen LogP contribution in [0.2, 0.25) is 0 Å². The molecular weight excluding hydrogens is 124 g/mol. The topological polar surface area (TPSA) is 38.0 Å². The molecule has 0 aliphatic rings. The summed E-state index contributed by atoms with van der Waals surface area (Å²) in [7, 11) is 0. The molecule has 0 amide bonds. The third-order valence-corrected chi connectivity index (χ3v) is 1.42. The van der Waals surface area contributed by atoms with Gasteiger partial charge in [0.05, 0.1) is 0 Å². The maximum absolute atomic E-state index is 5.30. The van der Waals surface area contributed by atoms with Gasteiger partial charge >= 0.3 is 0 Å². The molecule has 0 spiro atoms. The Morgan fingerprint density at radius 1 is 1.10 bits per heavy atom. The van der Waals surface area contributed by atoms with Gasteiger partial charge in [-0.1, -0.05) is 26.2 Å².